The van der Waals surface area contributed by atoms with Crippen LogP contribution < -0.4 is 0 Å². The van der Waals surface area contributed by atoms with Gasteiger partial charge in [0.1, 0.15) is 0 Å². The molecule has 56 valence electrons. The molecule has 0 aromatic carbocycles. The number of carboxylic acid groups (broad SMARTS) is 2. The molecular formula is C4H7NO4Sn. The van der Waals surface area contributed by atoms with Crippen LogP contribution in [0.25, 0.3) is 0 Å². The van der Waals surface area contributed by atoms with E-state index in [2.05, 4.69) is 0 Å². The standard InChI is InChI=1S/C4H6NO4.Sn.H/c6-3(7)1-5-2-4(8)9;;/h1-2H2,(H,6,7)(H,8,9);;/q-1;+1;. The first-order valence-corrected chi connectivity index (χ1v) is 3.93. The van der Waals surface area contributed by atoms with Gasteiger partial charge in [0.2, 0.25) is 0 Å². The van der Waals surface area contributed by atoms with E-state index in [0.717, 1.165) is 0 Å². The number of nitrogens with zero attached hydrogens (tertiary/aromatic N) is 1. The molecule has 2 N–H and O–H groups in total. The first kappa shape index (κ1) is 9.70. The van der Waals surface area contributed by atoms with Crippen molar-refractivity contribution in [1.82, 2.24) is 3.12 Å². The first-order valence-electron chi connectivity index (χ1n) is 2.45. The van der Waals surface area contributed by atoms with Crippen molar-refractivity contribution in [1.29, 1.82) is 0 Å². The quantitative estimate of drug-likeness (QED) is 0.581. The molecule has 0 saturated heterocycles. The van der Waals surface area contributed by atoms with Crippen LogP contribution in [0.4, 0.5) is 0 Å². The predicted octanol–water partition coefficient (Wildman–Crippen LogP) is -1.73. The molecule has 0 amide bonds. The number of rotatable bonds is 4. The van der Waals surface area contributed by atoms with E-state index in [1.165, 1.54) is 3.12 Å². The summed E-state index contributed by atoms with van der Waals surface area (Å²) < 4.78 is 1.33. The average molecular weight is 252 g/mol. The van der Waals surface area contributed by atoms with Gasteiger partial charge in [0.05, 0.1) is 0 Å². The molecule has 0 aromatic heterocycles. The molecule has 0 spiro atoms. The Kier molecular flexibility index (Phi) is 4.37. The second kappa shape index (κ2) is 4.50. The van der Waals surface area contributed by atoms with Gasteiger partial charge in [-0.3, -0.25) is 0 Å². The van der Waals surface area contributed by atoms with E-state index in [1.807, 2.05) is 0 Å². The van der Waals surface area contributed by atoms with Gasteiger partial charge < -0.3 is 0 Å². The zero-order valence-electron chi connectivity index (χ0n) is 5.15. The number of hydrogen-bond donors (Lipinski definition) is 2. The van der Waals surface area contributed by atoms with Gasteiger partial charge in [-0.25, -0.2) is 0 Å². The van der Waals surface area contributed by atoms with Crippen LogP contribution in [0.1, 0.15) is 0 Å². The average Bonchev–Trinajstić information content (AvgIpc) is 1.58. The van der Waals surface area contributed by atoms with E-state index < -0.39 is 11.9 Å². The second-order valence-electron chi connectivity index (χ2n) is 1.69. The van der Waals surface area contributed by atoms with Crippen molar-refractivity contribution < 1.29 is 19.8 Å². The zero-order valence-corrected chi connectivity index (χ0v) is 8.45. The van der Waals surface area contributed by atoms with E-state index in [-0.39, 0.29) is 13.1 Å². The molecule has 0 saturated carbocycles. The number of carboxylic acids is 2. The van der Waals surface area contributed by atoms with Crippen molar-refractivity contribution >= 4 is 34.7 Å². The predicted molar refractivity (Wildman–Crippen MR) is 34.0 cm³/mol. The number of hydrogen-bond acceptors (Lipinski definition) is 3. The Bertz CT molecular complexity index is 132. The fourth-order valence-corrected chi connectivity index (χ4v) is 1.29. The third-order valence-electron chi connectivity index (χ3n) is 0.677. The van der Waals surface area contributed by atoms with Gasteiger partial charge in [-0.1, -0.05) is 0 Å². The molecule has 0 bridgehead atoms. The summed E-state index contributed by atoms with van der Waals surface area (Å²) in [4.78, 5) is 20.0. The molecule has 0 rings (SSSR count). The normalized spacial score (nSPS) is 9.80. The van der Waals surface area contributed by atoms with Crippen molar-refractivity contribution in [2.24, 2.45) is 0 Å². The molecule has 0 unspecified atom stereocenters. The molecule has 0 heterocycles. The van der Waals surface area contributed by atoms with Crippen molar-refractivity contribution in [3.8, 4) is 0 Å². The summed E-state index contributed by atoms with van der Waals surface area (Å²) in [6.45, 7) is -0.372. The molecule has 0 aliphatic heterocycles. The van der Waals surface area contributed by atoms with Gasteiger partial charge in [0.15, 0.2) is 0 Å². The van der Waals surface area contributed by atoms with Gasteiger partial charge in [0.25, 0.3) is 0 Å². The second-order valence-corrected chi connectivity index (χ2v) is 3.78. The van der Waals surface area contributed by atoms with Crippen LogP contribution in [-0.2, 0) is 9.59 Å². The molecular weight excluding hydrogens is 245 g/mol. The van der Waals surface area contributed by atoms with E-state index in [1.54, 1.807) is 0 Å². The Labute approximate surface area is 71.1 Å². The topological polar surface area (TPSA) is 77.8 Å². The molecule has 6 heteroatoms. The third kappa shape index (κ3) is 5.83. The molecule has 0 aliphatic carbocycles. The number of aliphatic carboxylic acids is 2. The summed E-state index contributed by atoms with van der Waals surface area (Å²) in [5.41, 5.74) is 0. The monoisotopic (exact) mass is 253 g/mol. The van der Waals surface area contributed by atoms with Crippen LogP contribution in [0.15, 0.2) is 0 Å². The van der Waals surface area contributed by atoms with Crippen molar-refractivity contribution in [2.75, 3.05) is 13.1 Å². The Balaban J connectivity index is 3.53. The Morgan fingerprint density at radius 2 is 1.50 bits per heavy atom. The molecule has 0 aromatic rings. The van der Waals surface area contributed by atoms with Gasteiger partial charge in [-0.2, -0.15) is 0 Å². The van der Waals surface area contributed by atoms with Gasteiger partial charge in [-0.15, -0.1) is 0 Å². The maximum absolute atomic E-state index is 9.98. The fourth-order valence-electron chi connectivity index (χ4n) is 0.403. The summed E-state index contributed by atoms with van der Waals surface area (Å²) in [5.74, 6) is -1.98. The molecule has 5 nitrogen and oxygen atoms in total. The minimum atomic E-state index is -0.992. The summed E-state index contributed by atoms with van der Waals surface area (Å²) in [7, 11) is 0. The first-order chi connectivity index (χ1) is 4.52. The Morgan fingerprint density at radius 3 is 1.70 bits per heavy atom. The van der Waals surface area contributed by atoms with Crippen molar-refractivity contribution in [3.05, 3.63) is 0 Å². The SMILES string of the molecule is O=C(O)C[N]([SnH])CC(=O)O. The van der Waals surface area contributed by atoms with Crippen LogP contribution in [0.2, 0.25) is 0 Å². The van der Waals surface area contributed by atoms with Gasteiger partial charge >= 0.3 is 70.7 Å². The van der Waals surface area contributed by atoms with E-state index in [4.69, 9.17) is 10.2 Å². The van der Waals surface area contributed by atoms with E-state index >= 15 is 0 Å². The maximum atomic E-state index is 9.98. The van der Waals surface area contributed by atoms with Gasteiger partial charge in [0, 0.05) is 0 Å². The van der Waals surface area contributed by atoms with Gasteiger partial charge in [-0.05, 0) is 0 Å². The summed E-state index contributed by atoms with van der Waals surface area (Å²) >= 11 is 0.519. The van der Waals surface area contributed by atoms with Crippen molar-refractivity contribution in [2.45, 2.75) is 0 Å². The van der Waals surface area contributed by atoms with Crippen molar-refractivity contribution in [3.63, 3.8) is 0 Å². The van der Waals surface area contributed by atoms with E-state index in [0.29, 0.717) is 22.8 Å². The zero-order chi connectivity index (χ0) is 8.15. The summed E-state index contributed by atoms with van der Waals surface area (Å²) in [6.07, 6.45) is 0. The Hall–Kier alpha value is -0.301. The molecule has 2 radical (unpaired) electrons. The van der Waals surface area contributed by atoms with Crippen LogP contribution in [0.5, 0.6) is 0 Å². The van der Waals surface area contributed by atoms with E-state index in [9.17, 15) is 9.59 Å². The van der Waals surface area contributed by atoms with Crippen LogP contribution in [0.3, 0.4) is 0 Å². The third-order valence-corrected chi connectivity index (χ3v) is 1.72. The van der Waals surface area contributed by atoms with Crippen LogP contribution >= 0.6 is 0 Å². The minimum absolute atomic E-state index is 0.186. The molecule has 0 fully saturated rings. The fraction of sp³-hybridized carbons (Fsp3) is 0.500. The number of carbonyl (C=O) groups is 2. The summed E-state index contributed by atoms with van der Waals surface area (Å²) in [6, 6.07) is 0. The molecule has 10 heavy (non-hydrogen) atoms. The molecule has 0 aliphatic rings. The molecule has 0 atom stereocenters. The van der Waals surface area contributed by atoms with Crippen LogP contribution in [0, 0.1) is 0 Å². The van der Waals surface area contributed by atoms with Crippen LogP contribution in [-0.4, -0.2) is 61.2 Å². The Morgan fingerprint density at radius 1 is 1.20 bits per heavy atom. The summed E-state index contributed by atoms with van der Waals surface area (Å²) in [5, 5.41) is 16.4.